The second kappa shape index (κ2) is 4.41. The molecule has 1 aromatic rings. The van der Waals surface area contributed by atoms with Crippen molar-refractivity contribution >= 4 is 15.9 Å². The predicted octanol–water partition coefficient (Wildman–Crippen LogP) is 2.14. The Balaban J connectivity index is 2.30. The van der Waals surface area contributed by atoms with E-state index in [0.717, 1.165) is 28.0 Å². The molecule has 1 aromatic carbocycles. The monoisotopic (exact) mass is 272 g/mol. The first-order valence-corrected chi connectivity index (χ1v) is 5.68. The zero-order chi connectivity index (χ0) is 10.8. The number of fused-ring (bicyclic) bond motifs is 1. The highest BCUT2D eigenvalue weighted by molar-refractivity contribution is 9.10. The van der Waals surface area contributed by atoms with Crippen molar-refractivity contribution in [3.05, 3.63) is 22.2 Å². The standard InChI is InChI=1S/C11H13BrO3/c1-14-10-3-2-9(12)8-6-7(4-5-13)15-11(8)10/h2-3,7,13H,4-6H2,1H3. The summed E-state index contributed by atoms with van der Waals surface area (Å²) < 4.78 is 12.0. The quantitative estimate of drug-likeness (QED) is 0.917. The number of aliphatic hydroxyl groups is 1. The molecule has 1 atom stereocenters. The number of benzene rings is 1. The maximum absolute atomic E-state index is 8.88. The lowest BCUT2D eigenvalue weighted by molar-refractivity contribution is 0.171. The Hall–Kier alpha value is -0.740. The number of halogens is 1. The van der Waals surface area contributed by atoms with Gasteiger partial charge in [-0.25, -0.2) is 0 Å². The smallest absolute Gasteiger partial charge is 0.166 e. The van der Waals surface area contributed by atoms with Gasteiger partial charge >= 0.3 is 0 Å². The molecule has 1 aliphatic rings. The highest BCUT2D eigenvalue weighted by Gasteiger charge is 2.27. The lowest BCUT2D eigenvalue weighted by Crippen LogP contribution is -2.14. The van der Waals surface area contributed by atoms with Crippen molar-refractivity contribution < 1.29 is 14.6 Å². The van der Waals surface area contributed by atoms with Crippen LogP contribution < -0.4 is 9.47 Å². The minimum absolute atomic E-state index is 0.0672. The van der Waals surface area contributed by atoms with Gasteiger partial charge < -0.3 is 14.6 Å². The van der Waals surface area contributed by atoms with Crippen LogP contribution in [0.5, 0.6) is 11.5 Å². The third kappa shape index (κ3) is 1.96. The fraction of sp³-hybridized carbons (Fsp3) is 0.455. The van der Waals surface area contributed by atoms with Gasteiger partial charge in [0.15, 0.2) is 11.5 Å². The van der Waals surface area contributed by atoms with Crippen molar-refractivity contribution in [2.24, 2.45) is 0 Å². The van der Waals surface area contributed by atoms with Gasteiger partial charge in [-0.1, -0.05) is 15.9 Å². The second-order valence-corrected chi connectivity index (χ2v) is 4.37. The highest BCUT2D eigenvalue weighted by atomic mass is 79.9. The van der Waals surface area contributed by atoms with E-state index < -0.39 is 0 Å². The van der Waals surface area contributed by atoms with E-state index in [2.05, 4.69) is 15.9 Å². The predicted molar refractivity (Wildman–Crippen MR) is 60.5 cm³/mol. The van der Waals surface area contributed by atoms with Crippen LogP contribution in [0.3, 0.4) is 0 Å². The highest BCUT2D eigenvalue weighted by Crippen LogP contribution is 2.42. The molecule has 4 heteroatoms. The Morgan fingerprint density at radius 1 is 1.60 bits per heavy atom. The van der Waals surface area contributed by atoms with E-state index in [0.29, 0.717) is 6.42 Å². The van der Waals surface area contributed by atoms with Gasteiger partial charge in [0.05, 0.1) is 7.11 Å². The van der Waals surface area contributed by atoms with Crippen LogP contribution in [-0.2, 0) is 6.42 Å². The van der Waals surface area contributed by atoms with Crippen LogP contribution >= 0.6 is 15.9 Å². The van der Waals surface area contributed by atoms with Crippen molar-refractivity contribution in [1.29, 1.82) is 0 Å². The second-order valence-electron chi connectivity index (χ2n) is 3.51. The summed E-state index contributed by atoms with van der Waals surface area (Å²) in [5.41, 5.74) is 1.13. The van der Waals surface area contributed by atoms with E-state index in [9.17, 15) is 0 Å². The molecule has 0 spiro atoms. The number of rotatable bonds is 3. The Kier molecular flexibility index (Phi) is 3.17. The van der Waals surface area contributed by atoms with Gasteiger partial charge in [0.25, 0.3) is 0 Å². The Bertz CT molecular complexity index is 365. The van der Waals surface area contributed by atoms with Crippen LogP contribution in [0.25, 0.3) is 0 Å². The zero-order valence-electron chi connectivity index (χ0n) is 8.50. The molecular weight excluding hydrogens is 260 g/mol. The van der Waals surface area contributed by atoms with E-state index >= 15 is 0 Å². The van der Waals surface area contributed by atoms with Gasteiger partial charge in [-0.2, -0.15) is 0 Å². The summed E-state index contributed by atoms with van der Waals surface area (Å²) >= 11 is 3.49. The van der Waals surface area contributed by atoms with Crippen molar-refractivity contribution in [2.75, 3.05) is 13.7 Å². The molecule has 1 unspecified atom stereocenters. The molecular formula is C11H13BrO3. The fourth-order valence-electron chi connectivity index (χ4n) is 1.80. The SMILES string of the molecule is COc1ccc(Br)c2c1OC(CCO)C2. The zero-order valence-corrected chi connectivity index (χ0v) is 10.1. The molecule has 82 valence electrons. The van der Waals surface area contributed by atoms with Crippen LogP contribution in [0.1, 0.15) is 12.0 Å². The Labute approximate surface area is 97.1 Å². The molecule has 3 nitrogen and oxygen atoms in total. The van der Waals surface area contributed by atoms with E-state index in [1.807, 2.05) is 12.1 Å². The molecule has 0 fully saturated rings. The van der Waals surface area contributed by atoms with Gasteiger partial charge in [0.1, 0.15) is 6.10 Å². The summed E-state index contributed by atoms with van der Waals surface area (Å²) in [6.45, 7) is 0.151. The normalized spacial score (nSPS) is 18.5. The summed E-state index contributed by atoms with van der Waals surface area (Å²) in [7, 11) is 1.63. The summed E-state index contributed by atoms with van der Waals surface area (Å²) in [6.07, 6.45) is 1.55. The average molecular weight is 273 g/mol. The lowest BCUT2D eigenvalue weighted by atomic mass is 10.1. The maximum Gasteiger partial charge on any atom is 0.166 e. The summed E-state index contributed by atoms with van der Waals surface area (Å²) in [5, 5.41) is 8.88. The average Bonchev–Trinajstić information content (AvgIpc) is 2.64. The van der Waals surface area contributed by atoms with Crippen molar-refractivity contribution in [3.8, 4) is 11.5 Å². The molecule has 15 heavy (non-hydrogen) atoms. The minimum Gasteiger partial charge on any atom is -0.493 e. The molecule has 1 heterocycles. The molecule has 0 saturated carbocycles. The molecule has 0 aromatic heterocycles. The van der Waals surface area contributed by atoms with Crippen molar-refractivity contribution in [2.45, 2.75) is 18.9 Å². The third-order valence-corrected chi connectivity index (χ3v) is 3.30. The van der Waals surface area contributed by atoms with E-state index in [4.69, 9.17) is 14.6 Å². The van der Waals surface area contributed by atoms with Gasteiger partial charge in [-0.3, -0.25) is 0 Å². The topological polar surface area (TPSA) is 38.7 Å². The first-order chi connectivity index (χ1) is 7.26. The number of aliphatic hydroxyl groups excluding tert-OH is 1. The van der Waals surface area contributed by atoms with Crippen LogP contribution in [0.2, 0.25) is 0 Å². The number of ether oxygens (including phenoxy) is 2. The number of methoxy groups -OCH3 is 1. The van der Waals surface area contributed by atoms with Crippen LogP contribution in [0, 0.1) is 0 Å². The van der Waals surface area contributed by atoms with E-state index in [-0.39, 0.29) is 12.7 Å². The van der Waals surface area contributed by atoms with Gasteiger partial charge in [0.2, 0.25) is 0 Å². The molecule has 0 aliphatic carbocycles. The Morgan fingerprint density at radius 3 is 3.07 bits per heavy atom. The van der Waals surface area contributed by atoms with E-state index in [1.165, 1.54) is 0 Å². The molecule has 0 amide bonds. The van der Waals surface area contributed by atoms with Crippen LogP contribution in [0.15, 0.2) is 16.6 Å². The lowest BCUT2D eigenvalue weighted by Gasteiger charge is -2.10. The van der Waals surface area contributed by atoms with Crippen molar-refractivity contribution in [3.63, 3.8) is 0 Å². The molecule has 0 bridgehead atoms. The number of hydrogen-bond acceptors (Lipinski definition) is 3. The largest absolute Gasteiger partial charge is 0.493 e. The third-order valence-electron chi connectivity index (χ3n) is 2.55. The van der Waals surface area contributed by atoms with Crippen LogP contribution in [-0.4, -0.2) is 24.9 Å². The first-order valence-electron chi connectivity index (χ1n) is 4.89. The first kappa shape index (κ1) is 10.8. The molecule has 0 saturated heterocycles. The van der Waals surface area contributed by atoms with Gasteiger partial charge in [0, 0.05) is 29.5 Å². The van der Waals surface area contributed by atoms with Gasteiger partial charge in [-0.15, -0.1) is 0 Å². The summed E-state index contributed by atoms with van der Waals surface area (Å²) in [6, 6.07) is 3.84. The summed E-state index contributed by atoms with van der Waals surface area (Å²) in [5.74, 6) is 1.57. The van der Waals surface area contributed by atoms with Crippen molar-refractivity contribution in [1.82, 2.24) is 0 Å². The number of hydrogen-bond donors (Lipinski definition) is 1. The van der Waals surface area contributed by atoms with E-state index in [1.54, 1.807) is 7.11 Å². The van der Waals surface area contributed by atoms with Crippen LogP contribution in [0.4, 0.5) is 0 Å². The Morgan fingerprint density at radius 2 is 2.40 bits per heavy atom. The maximum atomic E-state index is 8.88. The fourth-order valence-corrected chi connectivity index (χ4v) is 2.28. The summed E-state index contributed by atoms with van der Waals surface area (Å²) in [4.78, 5) is 0. The molecule has 2 rings (SSSR count). The molecule has 1 N–H and O–H groups in total. The minimum atomic E-state index is 0.0672. The molecule has 1 aliphatic heterocycles. The molecule has 0 radical (unpaired) electrons. The van der Waals surface area contributed by atoms with Gasteiger partial charge in [-0.05, 0) is 12.1 Å².